The molecule has 2 N–H and O–H groups in total. The number of hydrogen-bond acceptors (Lipinski definition) is 3. The van der Waals surface area contributed by atoms with Crippen LogP contribution in [0, 0.1) is 0 Å². The molecule has 0 radical (unpaired) electrons. The van der Waals surface area contributed by atoms with E-state index in [0.717, 1.165) is 23.2 Å². The third kappa shape index (κ3) is 3.69. The molecule has 0 spiro atoms. The third-order valence-electron chi connectivity index (χ3n) is 2.00. The van der Waals surface area contributed by atoms with Gasteiger partial charge in [-0.25, -0.2) is 0 Å². The molecule has 1 aromatic heterocycles. The Morgan fingerprint density at radius 3 is 2.86 bits per heavy atom. The first-order valence-electron chi connectivity index (χ1n) is 4.87. The van der Waals surface area contributed by atoms with Gasteiger partial charge in [-0.05, 0) is 47.4 Å². The van der Waals surface area contributed by atoms with Crippen LogP contribution in [0.15, 0.2) is 15.9 Å². The second-order valence-corrected chi connectivity index (χ2v) is 5.66. The zero-order valence-electron chi connectivity index (χ0n) is 8.29. The normalized spacial score (nSPS) is 13.1. The average Bonchev–Trinajstić information content (AvgIpc) is 2.59. The van der Waals surface area contributed by atoms with Gasteiger partial charge in [0.1, 0.15) is 0 Å². The monoisotopic (exact) mass is 277 g/mol. The van der Waals surface area contributed by atoms with E-state index in [1.165, 1.54) is 4.88 Å². The van der Waals surface area contributed by atoms with Crippen LogP contribution in [0.4, 0.5) is 0 Å². The summed E-state index contributed by atoms with van der Waals surface area (Å²) >= 11 is 5.18. The molecule has 4 heteroatoms. The molecule has 0 fully saturated rings. The van der Waals surface area contributed by atoms with Gasteiger partial charge in [0.05, 0.1) is 3.79 Å². The first-order valence-corrected chi connectivity index (χ1v) is 6.48. The maximum Gasteiger partial charge on any atom is 0.0701 e. The fraction of sp³-hybridized carbons (Fsp3) is 0.600. The Balaban J connectivity index is 2.57. The van der Waals surface area contributed by atoms with Gasteiger partial charge in [-0.3, -0.25) is 0 Å². The van der Waals surface area contributed by atoms with Crippen molar-refractivity contribution in [2.45, 2.75) is 25.8 Å². The van der Waals surface area contributed by atoms with E-state index in [0.29, 0.717) is 6.04 Å². The first-order chi connectivity index (χ1) is 6.77. The van der Waals surface area contributed by atoms with Crippen molar-refractivity contribution < 1.29 is 5.11 Å². The van der Waals surface area contributed by atoms with Crippen LogP contribution < -0.4 is 5.32 Å². The fourth-order valence-electron chi connectivity index (χ4n) is 1.31. The number of aliphatic hydroxyl groups excluding tert-OH is 1. The summed E-state index contributed by atoms with van der Waals surface area (Å²) in [7, 11) is 0. The van der Waals surface area contributed by atoms with Gasteiger partial charge in [0, 0.05) is 17.5 Å². The lowest BCUT2D eigenvalue weighted by atomic mass is 10.2. The van der Waals surface area contributed by atoms with Crippen LogP contribution in [0.1, 0.15) is 30.7 Å². The summed E-state index contributed by atoms with van der Waals surface area (Å²) in [5, 5.41) is 12.4. The Morgan fingerprint density at radius 1 is 1.57 bits per heavy atom. The summed E-state index contributed by atoms with van der Waals surface area (Å²) in [6, 6.07) is 4.46. The zero-order chi connectivity index (χ0) is 10.4. The quantitative estimate of drug-likeness (QED) is 0.838. The van der Waals surface area contributed by atoms with Crippen LogP contribution in [0.25, 0.3) is 0 Å². The highest BCUT2D eigenvalue weighted by Gasteiger charge is 2.11. The average molecular weight is 278 g/mol. The molecule has 0 saturated heterocycles. The van der Waals surface area contributed by atoms with Crippen LogP contribution in [-0.4, -0.2) is 18.3 Å². The Labute approximate surface area is 97.5 Å². The summed E-state index contributed by atoms with van der Waals surface area (Å²) in [4.78, 5) is 1.29. The van der Waals surface area contributed by atoms with E-state index >= 15 is 0 Å². The van der Waals surface area contributed by atoms with Crippen molar-refractivity contribution in [3.05, 3.63) is 20.8 Å². The topological polar surface area (TPSA) is 32.3 Å². The Bertz CT molecular complexity index is 264. The molecule has 1 rings (SSSR count). The molecule has 14 heavy (non-hydrogen) atoms. The maximum absolute atomic E-state index is 8.96. The number of aliphatic hydroxyl groups is 1. The molecule has 1 heterocycles. The van der Waals surface area contributed by atoms with Gasteiger partial charge in [0.25, 0.3) is 0 Å². The maximum atomic E-state index is 8.96. The molecular weight excluding hydrogens is 262 g/mol. The smallest absolute Gasteiger partial charge is 0.0701 e. The lowest BCUT2D eigenvalue weighted by Gasteiger charge is -2.15. The van der Waals surface area contributed by atoms with Gasteiger partial charge < -0.3 is 10.4 Å². The number of nitrogens with one attached hydrogen (secondary N) is 1. The number of thiophene rings is 1. The van der Waals surface area contributed by atoms with Gasteiger partial charge in [-0.2, -0.15) is 0 Å². The minimum atomic E-state index is 0.233. The van der Waals surface area contributed by atoms with Crippen molar-refractivity contribution in [2.24, 2.45) is 0 Å². The molecule has 0 bridgehead atoms. The largest absolute Gasteiger partial charge is 0.396 e. The molecule has 2 nitrogen and oxygen atoms in total. The standard InChI is InChI=1S/C10H16BrNOS/c1-2-6-12-8(5-7-13)9-3-4-10(11)14-9/h3-4,8,12-13H,2,5-7H2,1H3. The molecule has 80 valence electrons. The van der Waals surface area contributed by atoms with Crippen LogP contribution >= 0.6 is 27.3 Å². The molecular formula is C10H16BrNOS. The van der Waals surface area contributed by atoms with Gasteiger partial charge in [-0.15, -0.1) is 11.3 Å². The van der Waals surface area contributed by atoms with Gasteiger partial charge >= 0.3 is 0 Å². The summed E-state index contributed by atoms with van der Waals surface area (Å²) < 4.78 is 1.15. The third-order valence-corrected chi connectivity index (χ3v) is 3.73. The molecule has 0 aliphatic rings. The Kier molecular flexibility index (Phi) is 5.70. The van der Waals surface area contributed by atoms with Crippen LogP contribution in [0.2, 0.25) is 0 Å². The van der Waals surface area contributed by atoms with E-state index in [1.807, 2.05) is 0 Å². The number of hydrogen-bond donors (Lipinski definition) is 2. The predicted molar refractivity (Wildman–Crippen MR) is 64.8 cm³/mol. The van der Waals surface area contributed by atoms with E-state index in [2.05, 4.69) is 40.3 Å². The molecule has 0 saturated carbocycles. The van der Waals surface area contributed by atoms with Crippen LogP contribution in [0.5, 0.6) is 0 Å². The minimum absolute atomic E-state index is 0.233. The highest BCUT2D eigenvalue weighted by Crippen LogP contribution is 2.28. The predicted octanol–water partition coefficient (Wildman–Crippen LogP) is 2.93. The fourth-order valence-corrected chi connectivity index (χ4v) is 2.84. The lowest BCUT2D eigenvalue weighted by molar-refractivity contribution is 0.266. The molecule has 0 aromatic carbocycles. The number of halogens is 1. The van der Waals surface area contributed by atoms with Crippen molar-refractivity contribution in [1.29, 1.82) is 0 Å². The summed E-state index contributed by atoms with van der Waals surface area (Å²) in [5.41, 5.74) is 0. The Morgan fingerprint density at radius 2 is 2.36 bits per heavy atom. The summed E-state index contributed by atoms with van der Waals surface area (Å²) in [6.45, 7) is 3.38. The van der Waals surface area contributed by atoms with Crippen molar-refractivity contribution in [1.82, 2.24) is 5.32 Å². The van der Waals surface area contributed by atoms with Crippen molar-refractivity contribution in [3.8, 4) is 0 Å². The first kappa shape index (κ1) is 12.2. The molecule has 0 aliphatic heterocycles. The van der Waals surface area contributed by atoms with Crippen LogP contribution in [-0.2, 0) is 0 Å². The van der Waals surface area contributed by atoms with Crippen molar-refractivity contribution >= 4 is 27.3 Å². The second-order valence-electron chi connectivity index (χ2n) is 3.16. The van der Waals surface area contributed by atoms with Crippen molar-refractivity contribution in [3.63, 3.8) is 0 Å². The van der Waals surface area contributed by atoms with E-state index < -0.39 is 0 Å². The summed E-state index contributed by atoms with van der Waals surface area (Å²) in [5.74, 6) is 0. The van der Waals surface area contributed by atoms with E-state index in [9.17, 15) is 0 Å². The molecule has 1 aromatic rings. The van der Waals surface area contributed by atoms with E-state index in [-0.39, 0.29) is 6.61 Å². The number of rotatable bonds is 6. The Hall–Kier alpha value is 0.1000. The highest BCUT2D eigenvalue weighted by molar-refractivity contribution is 9.11. The summed E-state index contributed by atoms with van der Waals surface area (Å²) in [6.07, 6.45) is 1.90. The van der Waals surface area contributed by atoms with E-state index in [1.54, 1.807) is 11.3 Å². The zero-order valence-corrected chi connectivity index (χ0v) is 10.7. The van der Waals surface area contributed by atoms with Crippen LogP contribution in [0.3, 0.4) is 0 Å². The highest BCUT2D eigenvalue weighted by atomic mass is 79.9. The molecule has 0 amide bonds. The van der Waals surface area contributed by atoms with E-state index in [4.69, 9.17) is 5.11 Å². The second kappa shape index (κ2) is 6.56. The lowest BCUT2D eigenvalue weighted by Crippen LogP contribution is -2.22. The molecule has 1 unspecified atom stereocenters. The van der Waals surface area contributed by atoms with Gasteiger partial charge in [0.15, 0.2) is 0 Å². The van der Waals surface area contributed by atoms with Gasteiger partial charge in [0.2, 0.25) is 0 Å². The molecule has 1 atom stereocenters. The SMILES string of the molecule is CCCNC(CCO)c1ccc(Br)s1. The minimum Gasteiger partial charge on any atom is -0.396 e. The molecule has 0 aliphatic carbocycles. The van der Waals surface area contributed by atoms with Crippen molar-refractivity contribution in [2.75, 3.05) is 13.2 Å². The van der Waals surface area contributed by atoms with Gasteiger partial charge in [-0.1, -0.05) is 6.92 Å².